The number of ketones is 1. The van der Waals surface area contributed by atoms with Crippen LogP contribution in [0.15, 0.2) is 83.3 Å². The smallest absolute Gasteiger partial charge is 0.347 e. The van der Waals surface area contributed by atoms with Gasteiger partial charge in [-0.3, -0.25) is 4.79 Å². The van der Waals surface area contributed by atoms with E-state index in [-0.39, 0.29) is 5.78 Å². The maximum absolute atomic E-state index is 12.3. The van der Waals surface area contributed by atoms with Gasteiger partial charge in [0, 0.05) is 10.0 Å². The van der Waals surface area contributed by atoms with Crippen LogP contribution in [-0.4, -0.2) is 18.9 Å². The van der Waals surface area contributed by atoms with E-state index < -0.39 is 5.97 Å². The first-order chi connectivity index (χ1) is 13.6. The maximum atomic E-state index is 12.3. The lowest BCUT2D eigenvalue weighted by molar-refractivity contribution is 0.0731. The molecule has 0 unspecified atom stereocenters. The van der Waals surface area contributed by atoms with Crippen molar-refractivity contribution in [3.05, 3.63) is 100 Å². The zero-order valence-electron chi connectivity index (χ0n) is 15.1. The number of benzene rings is 3. The largest absolute Gasteiger partial charge is 0.496 e. The average molecular weight is 437 g/mol. The van der Waals surface area contributed by atoms with Crippen molar-refractivity contribution in [3.63, 3.8) is 0 Å². The zero-order chi connectivity index (χ0) is 19.9. The summed E-state index contributed by atoms with van der Waals surface area (Å²) in [6, 6.07) is 21.0. The summed E-state index contributed by atoms with van der Waals surface area (Å²) in [5.41, 5.74) is 1.79. The van der Waals surface area contributed by atoms with Crippen molar-refractivity contribution in [1.82, 2.24) is 0 Å². The summed E-state index contributed by atoms with van der Waals surface area (Å²) < 4.78 is 11.5. The third kappa shape index (κ3) is 4.96. The molecule has 0 fully saturated rings. The number of ether oxygens (including phenoxy) is 2. The molecule has 3 rings (SSSR count). The van der Waals surface area contributed by atoms with Crippen LogP contribution >= 0.6 is 15.9 Å². The average Bonchev–Trinajstić information content (AvgIpc) is 2.73. The highest BCUT2D eigenvalue weighted by Gasteiger charge is 2.13. The lowest BCUT2D eigenvalue weighted by Crippen LogP contribution is -2.09. The molecule has 0 spiro atoms. The van der Waals surface area contributed by atoms with Gasteiger partial charge < -0.3 is 9.47 Å². The highest BCUT2D eigenvalue weighted by Crippen LogP contribution is 2.21. The monoisotopic (exact) mass is 436 g/mol. The minimum atomic E-state index is -0.494. The van der Waals surface area contributed by atoms with Crippen LogP contribution in [0.2, 0.25) is 0 Å². The maximum Gasteiger partial charge on any atom is 0.347 e. The second kappa shape index (κ2) is 9.15. The Labute approximate surface area is 171 Å². The van der Waals surface area contributed by atoms with Crippen molar-refractivity contribution in [3.8, 4) is 11.5 Å². The van der Waals surface area contributed by atoms with Gasteiger partial charge in [0.15, 0.2) is 5.78 Å². The predicted molar refractivity (Wildman–Crippen MR) is 112 cm³/mol. The Kier molecular flexibility index (Phi) is 6.40. The Morgan fingerprint density at radius 1 is 0.893 bits per heavy atom. The molecule has 0 aliphatic heterocycles. The molecule has 3 aromatic rings. The molecule has 0 bridgehead atoms. The van der Waals surface area contributed by atoms with Crippen LogP contribution in [0.5, 0.6) is 11.5 Å². The Morgan fingerprint density at radius 3 is 2.25 bits per heavy atom. The van der Waals surface area contributed by atoms with Crippen molar-refractivity contribution in [2.75, 3.05) is 7.11 Å². The van der Waals surface area contributed by atoms with Gasteiger partial charge in [0.05, 0.1) is 7.11 Å². The number of allylic oxidation sites excluding steroid dienone is 1. The molecule has 0 N–H and O–H groups in total. The topological polar surface area (TPSA) is 52.6 Å². The molecular formula is C23H17BrO4. The number of hydrogen-bond acceptors (Lipinski definition) is 4. The van der Waals surface area contributed by atoms with Crippen molar-refractivity contribution in [1.29, 1.82) is 0 Å². The fourth-order valence-electron chi connectivity index (χ4n) is 2.50. The van der Waals surface area contributed by atoms with Gasteiger partial charge in [-0.2, -0.15) is 0 Å². The van der Waals surface area contributed by atoms with Crippen LogP contribution in [0.3, 0.4) is 0 Å². The molecule has 0 heterocycles. The van der Waals surface area contributed by atoms with Gasteiger partial charge in [0.1, 0.15) is 17.1 Å². The van der Waals surface area contributed by atoms with Gasteiger partial charge in [-0.25, -0.2) is 4.79 Å². The highest BCUT2D eigenvalue weighted by molar-refractivity contribution is 9.10. The highest BCUT2D eigenvalue weighted by atomic mass is 79.9. The van der Waals surface area contributed by atoms with Gasteiger partial charge in [-0.05, 0) is 60.2 Å². The summed E-state index contributed by atoms with van der Waals surface area (Å²) in [6.07, 6.45) is 3.23. The number of methoxy groups -OCH3 is 1. The summed E-state index contributed by atoms with van der Waals surface area (Å²) in [7, 11) is 1.50. The summed E-state index contributed by atoms with van der Waals surface area (Å²) in [5, 5.41) is 0. The van der Waals surface area contributed by atoms with Crippen molar-refractivity contribution in [2.24, 2.45) is 0 Å². The van der Waals surface area contributed by atoms with E-state index in [1.165, 1.54) is 13.2 Å². The van der Waals surface area contributed by atoms with Crippen molar-refractivity contribution >= 4 is 33.8 Å². The Morgan fingerprint density at radius 2 is 1.57 bits per heavy atom. The van der Waals surface area contributed by atoms with Gasteiger partial charge in [0.25, 0.3) is 0 Å². The third-order valence-electron chi connectivity index (χ3n) is 3.97. The van der Waals surface area contributed by atoms with E-state index in [9.17, 15) is 9.59 Å². The lowest BCUT2D eigenvalue weighted by Gasteiger charge is -2.08. The predicted octanol–water partition coefficient (Wildman–Crippen LogP) is 5.57. The van der Waals surface area contributed by atoms with Crippen molar-refractivity contribution < 1.29 is 19.1 Å². The van der Waals surface area contributed by atoms with E-state index in [0.29, 0.717) is 22.6 Å². The Bertz CT molecular complexity index is 1010. The first kappa shape index (κ1) is 19.6. The Hall–Kier alpha value is -3.18. The summed E-state index contributed by atoms with van der Waals surface area (Å²) >= 11 is 3.34. The second-order valence-electron chi connectivity index (χ2n) is 5.86. The summed E-state index contributed by atoms with van der Waals surface area (Å²) in [4.78, 5) is 24.5. The fourth-order valence-corrected chi connectivity index (χ4v) is 2.77. The molecule has 4 nitrogen and oxygen atoms in total. The van der Waals surface area contributed by atoms with Crippen LogP contribution in [0.25, 0.3) is 6.08 Å². The molecule has 5 heteroatoms. The van der Waals surface area contributed by atoms with Crippen LogP contribution in [0, 0.1) is 0 Å². The van der Waals surface area contributed by atoms with Crippen LogP contribution in [0.4, 0.5) is 0 Å². The lowest BCUT2D eigenvalue weighted by atomic mass is 10.1. The van der Waals surface area contributed by atoms with Crippen LogP contribution in [0.1, 0.15) is 26.3 Å². The first-order valence-electron chi connectivity index (χ1n) is 8.50. The van der Waals surface area contributed by atoms with Gasteiger partial charge in [0.2, 0.25) is 0 Å². The third-order valence-corrected chi connectivity index (χ3v) is 4.50. The van der Waals surface area contributed by atoms with E-state index in [1.54, 1.807) is 66.7 Å². The summed E-state index contributed by atoms with van der Waals surface area (Å²) in [5.74, 6) is 0.288. The van der Waals surface area contributed by atoms with Crippen LogP contribution in [-0.2, 0) is 0 Å². The normalized spacial score (nSPS) is 10.6. The summed E-state index contributed by atoms with van der Waals surface area (Å²) in [6.45, 7) is 0. The zero-order valence-corrected chi connectivity index (χ0v) is 16.7. The number of para-hydroxylation sites is 1. The van der Waals surface area contributed by atoms with E-state index in [4.69, 9.17) is 9.47 Å². The molecule has 0 radical (unpaired) electrons. The molecular weight excluding hydrogens is 420 g/mol. The number of rotatable bonds is 6. The SMILES string of the molecule is COc1ccccc1C(=O)Oc1ccc(/C=C/C(=O)c2ccc(Br)cc2)cc1. The number of hydrogen-bond donors (Lipinski definition) is 0. The second-order valence-corrected chi connectivity index (χ2v) is 6.78. The van der Waals surface area contributed by atoms with Gasteiger partial charge in [-0.15, -0.1) is 0 Å². The van der Waals surface area contributed by atoms with Crippen molar-refractivity contribution in [2.45, 2.75) is 0 Å². The number of carbonyl (C=O) groups excluding carboxylic acids is 2. The molecule has 140 valence electrons. The molecule has 0 saturated heterocycles. The molecule has 0 aliphatic rings. The molecule has 0 aliphatic carbocycles. The minimum Gasteiger partial charge on any atom is -0.496 e. The molecule has 0 saturated carbocycles. The molecule has 3 aromatic carbocycles. The Balaban J connectivity index is 1.65. The molecule has 0 aromatic heterocycles. The molecule has 28 heavy (non-hydrogen) atoms. The van der Waals surface area contributed by atoms with Crippen LogP contribution < -0.4 is 9.47 Å². The molecule has 0 amide bonds. The standard InChI is InChI=1S/C23H17BrO4/c1-27-22-5-3-2-4-20(22)23(26)28-19-13-6-16(7-14-19)8-15-21(25)17-9-11-18(24)12-10-17/h2-15H,1H3/b15-8+. The number of carbonyl (C=O) groups is 2. The van der Waals surface area contributed by atoms with E-state index >= 15 is 0 Å². The fraction of sp³-hybridized carbons (Fsp3) is 0.0435. The van der Waals surface area contributed by atoms with E-state index in [0.717, 1.165) is 10.0 Å². The van der Waals surface area contributed by atoms with Gasteiger partial charge in [-0.1, -0.05) is 46.3 Å². The minimum absolute atomic E-state index is 0.0841. The quantitative estimate of drug-likeness (QED) is 0.219. The van der Waals surface area contributed by atoms with E-state index in [1.807, 2.05) is 12.1 Å². The first-order valence-corrected chi connectivity index (χ1v) is 9.29. The van der Waals surface area contributed by atoms with E-state index in [2.05, 4.69) is 15.9 Å². The number of halogens is 1. The van der Waals surface area contributed by atoms with Gasteiger partial charge >= 0.3 is 5.97 Å². The number of esters is 1. The molecule has 0 atom stereocenters.